The van der Waals surface area contributed by atoms with Crippen LogP contribution in [0.15, 0.2) is 6.07 Å². The molecule has 1 rings (SSSR count). The number of hydrogen-bond acceptors (Lipinski definition) is 3. The van der Waals surface area contributed by atoms with Crippen molar-refractivity contribution in [1.29, 1.82) is 5.26 Å². The van der Waals surface area contributed by atoms with Crippen molar-refractivity contribution < 1.29 is 31.9 Å². The average molecular weight is 266 g/mol. The molecule has 0 fully saturated rings. The van der Waals surface area contributed by atoms with Gasteiger partial charge in [-0.2, -0.15) is 18.4 Å². The van der Waals surface area contributed by atoms with Crippen LogP contribution >= 0.6 is 0 Å². The minimum absolute atomic E-state index is 0.0535. The van der Waals surface area contributed by atoms with Crippen LogP contribution in [0.5, 0.6) is 0 Å². The van der Waals surface area contributed by atoms with Crippen LogP contribution in [0.3, 0.4) is 0 Å². The van der Waals surface area contributed by atoms with Crippen LogP contribution in [0.4, 0.5) is 22.0 Å². The predicted molar refractivity (Wildman–Crippen MR) is 45.9 cm³/mol. The number of rotatable bonds is 2. The largest absolute Gasteiger partial charge is 0.476 e. The average Bonchev–Trinajstić information content (AvgIpc) is 2.25. The third-order valence-electron chi connectivity index (χ3n) is 1.89. The number of carboxylic acid groups (broad SMARTS) is 1. The fraction of sp³-hybridized carbons (Fsp3) is 0.222. The summed E-state index contributed by atoms with van der Waals surface area (Å²) < 4.78 is 62.1. The minimum Gasteiger partial charge on any atom is -0.476 e. The minimum atomic E-state index is -5.15. The molecule has 0 spiro atoms. The van der Waals surface area contributed by atoms with Crippen LogP contribution in [0.25, 0.3) is 0 Å². The van der Waals surface area contributed by atoms with E-state index in [2.05, 4.69) is 4.98 Å². The van der Waals surface area contributed by atoms with Crippen molar-refractivity contribution in [2.24, 2.45) is 0 Å². The SMILES string of the molecule is N#Cc1cc(C(F)(F)F)c(C(F)F)nc1C(=O)O. The summed E-state index contributed by atoms with van der Waals surface area (Å²) in [6, 6.07) is 1.22. The van der Waals surface area contributed by atoms with E-state index in [1.165, 1.54) is 6.07 Å². The summed E-state index contributed by atoms with van der Waals surface area (Å²) in [5.74, 6) is -1.86. The van der Waals surface area contributed by atoms with Crippen LogP contribution in [0, 0.1) is 11.3 Å². The zero-order valence-corrected chi connectivity index (χ0v) is 8.29. The second-order valence-corrected chi connectivity index (χ2v) is 3.03. The molecule has 1 N–H and O–H groups in total. The lowest BCUT2D eigenvalue weighted by Gasteiger charge is -2.12. The molecule has 0 aliphatic rings. The van der Waals surface area contributed by atoms with Gasteiger partial charge in [-0.3, -0.25) is 0 Å². The monoisotopic (exact) mass is 266 g/mol. The Bertz CT molecular complexity index is 533. The summed E-state index contributed by atoms with van der Waals surface area (Å²) in [7, 11) is 0. The third kappa shape index (κ3) is 2.53. The molecule has 9 heteroatoms. The van der Waals surface area contributed by atoms with Crippen molar-refractivity contribution in [2.75, 3.05) is 0 Å². The quantitative estimate of drug-likeness (QED) is 0.835. The molecule has 0 unspecified atom stereocenters. The second kappa shape index (κ2) is 4.56. The zero-order valence-electron chi connectivity index (χ0n) is 8.29. The van der Waals surface area contributed by atoms with Gasteiger partial charge in [-0.05, 0) is 6.07 Å². The van der Waals surface area contributed by atoms with Gasteiger partial charge in [0.25, 0.3) is 6.43 Å². The summed E-state index contributed by atoms with van der Waals surface area (Å²) in [6.45, 7) is 0. The van der Waals surface area contributed by atoms with Gasteiger partial charge in [0.05, 0.1) is 11.1 Å². The maximum absolute atomic E-state index is 12.4. The highest BCUT2D eigenvalue weighted by Gasteiger charge is 2.38. The third-order valence-corrected chi connectivity index (χ3v) is 1.89. The van der Waals surface area contributed by atoms with Crippen molar-refractivity contribution in [3.8, 4) is 6.07 Å². The lowest BCUT2D eigenvalue weighted by molar-refractivity contribution is -0.140. The first-order chi connectivity index (χ1) is 8.18. The fourth-order valence-electron chi connectivity index (χ4n) is 1.17. The lowest BCUT2D eigenvalue weighted by atomic mass is 10.1. The van der Waals surface area contributed by atoms with Gasteiger partial charge in [-0.1, -0.05) is 0 Å². The van der Waals surface area contributed by atoms with Gasteiger partial charge in [0.15, 0.2) is 5.69 Å². The lowest BCUT2D eigenvalue weighted by Crippen LogP contribution is -2.16. The Labute approximate surface area is 96.3 Å². The van der Waals surface area contributed by atoms with Gasteiger partial charge < -0.3 is 5.11 Å². The number of nitriles is 1. The number of carbonyl (C=O) groups is 1. The molecule has 0 saturated carbocycles. The Balaban J connectivity index is 3.64. The number of aromatic nitrogens is 1. The normalized spacial score (nSPS) is 11.4. The Hall–Kier alpha value is -2.24. The molecule has 0 saturated heterocycles. The first-order valence-electron chi connectivity index (χ1n) is 4.22. The van der Waals surface area contributed by atoms with E-state index in [1.54, 1.807) is 0 Å². The van der Waals surface area contributed by atoms with E-state index in [1.807, 2.05) is 0 Å². The maximum atomic E-state index is 12.4. The van der Waals surface area contributed by atoms with E-state index >= 15 is 0 Å². The summed E-state index contributed by atoms with van der Waals surface area (Å²) in [5, 5.41) is 17.0. The molecule has 1 aromatic heterocycles. The van der Waals surface area contributed by atoms with Gasteiger partial charge in [0.2, 0.25) is 0 Å². The number of halogens is 5. The molecule has 0 amide bonds. The topological polar surface area (TPSA) is 74.0 Å². The van der Waals surface area contributed by atoms with Crippen LogP contribution in [0.1, 0.15) is 33.7 Å². The first-order valence-corrected chi connectivity index (χ1v) is 4.22. The molecule has 0 atom stereocenters. The van der Waals surface area contributed by atoms with Crippen molar-refractivity contribution in [3.05, 3.63) is 28.6 Å². The molecule has 0 radical (unpaired) electrons. The van der Waals surface area contributed by atoms with Gasteiger partial charge in [0.1, 0.15) is 11.8 Å². The van der Waals surface area contributed by atoms with Crippen molar-refractivity contribution >= 4 is 5.97 Å². The number of alkyl halides is 5. The smallest absolute Gasteiger partial charge is 0.418 e. The zero-order chi connectivity index (χ0) is 14.1. The van der Waals surface area contributed by atoms with Crippen LogP contribution in [-0.4, -0.2) is 16.1 Å². The molecule has 0 aliphatic heterocycles. The molecule has 4 nitrogen and oxygen atoms in total. The molecule has 1 heterocycles. The van der Waals surface area contributed by atoms with Crippen molar-refractivity contribution in [3.63, 3.8) is 0 Å². The van der Waals surface area contributed by atoms with E-state index in [0.29, 0.717) is 0 Å². The molecule has 0 aliphatic carbocycles. The predicted octanol–water partition coefficient (Wildman–Crippen LogP) is 2.61. The molecule has 1 aromatic rings. The highest BCUT2D eigenvalue weighted by atomic mass is 19.4. The molecule has 96 valence electrons. The van der Waals surface area contributed by atoms with Gasteiger partial charge >= 0.3 is 12.1 Å². The van der Waals surface area contributed by atoms with Crippen molar-refractivity contribution in [1.82, 2.24) is 4.98 Å². The first kappa shape index (κ1) is 13.8. The van der Waals surface area contributed by atoms with Crippen LogP contribution < -0.4 is 0 Å². The summed E-state index contributed by atoms with van der Waals surface area (Å²) >= 11 is 0. The molecule has 0 aromatic carbocycles. The number of pyridine rings is 1. The maximum Gasteiger partial charge on any atom is 0.418 e. The molecule has 0 bridgehead atoms. The van der Waals surface area contributed by atoms with Gasteiger partial charge in [-0.15, -0.1) is 0 Å². The summed E-state index contributed by atoms with van der Waals surface area (Å²) in [4.78, 5) is 13.3. The standard InChI is InChI=1S/C9H3F5N2O2/c10-7(11)6-4(9(12,13)14)1-3(2-15)5(16-6)8(17)18/h1,7H,(H,17,18). The fourth-order valence-corrected chi connectivity index (χ4v) is 1.17. The molecular weight excluding hydrogens is 263 g/mol. The number of aromatic carboxylic acids is 1. The van der Waals surface area contributed by atoms with Crippen molar-refractivity contribution in [2.45, 2.75) is 12.6 Å². The Kier molecular flexibility index (Phi) is 3.50. The van der Waals surface area contributed by atoms with E-state index in [9.17, 15) is 26.7 Å². The van der Waals surface area contributed by atoms with Crippen LogP contribution in [0.2, 0.25) is 0 Å². The Morgan fingerprint density at radius 1 is 1.44 bits per heavy atom. The van der Waals surface area contributed by atoms with E-state index in [0.717, 1.165) is 0 Å². The highest BCUT2D eigenvalue weighted by Crippen LogP contribution is 2.36. The Morgan fingerprint density at radius 3 is 2.33 bits per heavy atom. The van der Waals surface area contributed by atoms with Gasteiger partial charge in [-0.25, -0.2) is 18.6 Å². The van der Waals surface area contributed by atoms with E-state index < -0.39 is 41.1 Å². The summed E-state index contributed by atoms with van der Waals surface area (Å²) in [5.41, 5.74) is -5.60. The molecule has 18 heavy (non-hydrogen) atoms. The summed E-state index contributed by atoms with van der Waals surface area (Å²) in [6.07, 6.45) is -8.76. The van der Waals surface area contributed by atoms with Gasteiger partial charge in [0, 0.05) is 0 Å². The number of carboxylic acids is 1. The molecular formula is C9H3F5N2O2. The Morgan fingerprint density at radius 2 is 2.00 bits per heavy atom. The van der Waals surface area contributed by atoms with E-state index in [-0.39, 0.29) is 6.07 Å². The number of nitrogens with zero attached hydrogens (tertiary/aromatic N) is 2. The second-order valence-electron chi connectivity index (χ2n) is 3.03. The van der Waals surface area contributed by atoms with E-state index in [4.69, 9.17) is 10.4 Å². The highest BCUT2D eigenvalue weighted by molar-refractivity contribution is 5.88. The number of hydrogen-bond donors (Lipinski definition) is 1. The van der Waals surface area contributed by atoms with Crippen LogP contribution in [-0.2, 0) is 6.18 Å².